The van der Waals surface area contributed by atoms with Gasteiger partial charge in [-0.1, -0.05) is 0 Å². The summed E-state index contributed by atoms with van der Waals surface area (Å²) in [5, 5.41) is 9.29. The van der Waals surface area contributed by atoms with Gasteiger partial charge in [-0.25, -0.2) is 9.59 Å². The molecule has 0 bridgehead atoms. The minimum absolute atomic E-state index is 0.00774. The molecule has 0 saturated carbocycles. The highest BCUT2D eigenvalue weighted by atomic mass is 16.6. The molecule has 0 aliphatic carbocycles. The highest BCUT2D eigenvalue weighted by Crippen LogP contribution is 2.31. The summed E-state index contributed by atoms with van der Waals surface area (Å²) in [6, 6.07) is 3.24. The molecule has 1 aromatic carbocycles. The molecule has 0 radical (unpaired) electrons. The predicted molar refractivity (Wildman–Crippen MR) is 106 cm³/mol. The fourth-order valence-corrected chi connectivity index (χ4v) is 3.11. The minimum atomic E-state index is -1.08. The lowest BCUT2D eigenvalue weighted by molar-refractivity contribution is 0.0237. The molecule has 3 N–H and O–H groups in total. The molecule has 8 heteroatoms. The van der Waals surface area contributed by atoms with Crippen molar-refractivity contribution < 1.29 is 19.4 Å². The zero-order chi connectivity index (χ0) is 20.4. The molecule has 1 fully saturated rings. The van der Waals surface area contributed by atoms with Crippen LogP contribution in [0.25, 0.3) is 0 Å². The molecule has 8 nitrogen and oxygen atoms in total. The summed E-state index contributed by atoms with van der Waals surface area (Å²) in [6.45, 7) is 6.83. The highest BCUT2D eigenvalue weighted by molar-refractivity contribution is 6.03. The minimum Gasteiger partial charge on any atom is -0.478 e. The second-order valence-corrected chi connectivity index (χ2v) is 7.63. The number of carbonyl (C=O) groups is 2. The first-order valence-electron chi connectivity index (χ1n) is 8.84. The van der Waals surface area contributed by atoms with Gasteiger partial charge in [0.25, 0.3) is 0 Å². The van der Waals surface area contributed by atoms with Crippen LogP contribution in [0.1, 0.15) is 43.1 Å². The van der Waals surface area contributed by atoms with Crippen molar-refractivity contribution in [3.05, 3.63) is 23.3 Å². The fraction of sp³-hybridized carbons (Fsp3) is 0.526. The van der Waals surface area contributed by atoms with Gasteiger partial charge in [-0.3, -0.25) is 4.99 Å². The van der Waals surface area contributed by atoms with Crippen LogP contribution in [0.15, 0.2) is 17.1 Å². The van der Waals surface area contributed by atoms with Gasteiger partial charge in [0, 0.05) is 44.7 Å². The van der Waals surface area contributed by atoms with E-state index in [1.54, 1.807) is 31.3 Å². The van der Waals surface area contributed by atoms with E-state index in [2.05, 4.69) is 9.89 Å². The highest BCUT2D eigenvalue weighted by Gasteiger charge is 2.32. The number of nitrogen functional groups attached to an aromatic ring is 1. The van der Waals surface area contributed by atoms with E-state index in [-0.39, 0.29) is 23.4 Å². The van der Waals surface area contributed by atoms with Crippen LogP contribution in [0, 0.1) is 0 Å². The number of ether oxygens (including phenoxy) is 1. The summed E-state index contributed by atoms with van der Waals surface area (Å²) in [6.07, 6.45) is 1.99. The smallest absolute Gasteiger partial charge is 0.410 e. The Morgan fingerprint density at radius 2 is 2.07 bits per heavy atom. The Kier molecular flexibility index (Phi) is 5.98. The van der Waals surface area contributed by atoms with Crippen molar-refractivity contribution in [2.24, 2.45) is 4.99 Å². The van der Waals surface area contributed by atoms with Crippen molar-refractivity contribution in [2.45, 2.75) is 38.8 Å². The van der Waals surface area contributed by atoms with Crippen LogP contribution in [-0.2, 0) is 4.74 Å². The number of nitrogens with two attached hydrogens (primary N) is 1. The summed E-state index contributed by atoms with van der Waals surface area (Å²) >= 11 is 0. The lowest BCUT2D eigenvalue weighted by Crippen LogP contribution is -2.42. The lowest BCUT2D eigenvalue weighted by atomic mass is 10.0. The van der Waals surface area contributed by atoms with Crippen LogP contribution in [0.2, 0.25) is 0 Å². The first kappa shape index (κ1) is 20.5. The maximum absolute atomic E-state index is 12.3. The third kappa shape index (κ3) is 4.69. The Labute approximate surface area is 159 Å². The van der Waals surface area contributed by atoms with E-state index in [1.165, 1.54) is 6.07 Å². The first-order chi connectivity index (χ1) is 12.5. The van der Waals surface area contributed by atoms with Gasteiger partial charge in [-0.2, -0.15) is 0 Å². The van der Waals surface area contributed by atoms with Gasteiger partial charge in [0.1, 0.15) is 5.60 Å². The number of hydrogen-bond donors (Lipinski definition) is 2. The second kappa shape index (κ2) is 7.85. The maximum atomic E-state index is 12.3. The number of carboxylic acids is 1. The van der Waals surface area contributed by atoms with Crippen molar-refractivity contribution in [1.82, 2.24) is 4.90 Å². The number of carbonyl (C=O) groups excluding carboxylic acids is 1. The molecule has 1 aromatic rings. The Balaban J connectivity index is 2.23. The van der Waals surface area contributed by atoms with Crippen LogP contribution >= 0.6 is 0 Å². The maximum Gasteiger partial charge on any atom is 0.410 e. The number of carboxylic acid groups (broad SMARTS) is 1. The largest absolute Gasteiger partial charge is 0.478 e. The molecule has 0 unspecified atom stereocenters. The van der Waals surface area contributed by atoms with Gasteiger partial charge in [-0.15, -0.1) is 0 Å². The molecule has 1 heterocycles. The zero-order valence-electron chi connectivity index (χ0n) is 16.5. The van der Waals surface area contributed by atoms with Crippen molar-refractivity contribution >= 4 is 29.7 Å². The second-order valence-electron chi connectivity index (χ2n) is 7.63. The van der Waals surface area contributed by atoms with Crippen LogP contribution in [0.3, 0.4) is 0 Å². The number of anilines is 2. The van der Waals surface area contributed by atoms with E-state index in [0.29, 0.717) is 18.7 Å². The van der Waals surface area contributed by atoms with Gasteiger partial charge in [0.2, 0.25) is 0 Å². The van der Waals surface area contributed by atoms with Gasteiger partial charge >= 0.3 is 12.1 Å². The SMILES string of the molecule is CN=Cc1c(N2CC[C@H](N(C)C(=O)OC(C)(C)C)C2)ccc(C(=O)O)c1N. The molecule has 0 spiro atoms. The van der Waals surface area contributed by atoms with E-state index in [0.717, 1.165) is 12.1 Å². The number of aromatic carboxylic acids is 1. The summed E-state index contributed by atoms with van der Waals surface area (Å²) in [5.74, 6) is -1.08. The van der Waals surface area contributed by atoms with Gasteiger partial charge in [-0.05, 0) is 39.3 Å². The van der Waals surface area contributed by atoms with Crippen LogP contribution < -0.4 is 10.6 Å². The number of likely N-dealkylation sites (N-methyl/N-ethyl adjacent to an activating group) is 1. The van der Waals surface area contributed by atoms with E-state index in [1.807, 2.05) is 20.8 Å². The molecule has 2 rings (SSSR count). The van der Waals surface area contributed by atoms with E-state index in [4.69, 9.17) is 10.5 Å². The van der Waals surface area contributed by atoms with E-state index in [9.17, 15) is 14.7 Å². The number of amides is 1. The Morgan fingerprint density at radius 1 is 1.41 bits per heavy atom. The normalized spacial score (nSPS) is 17.4. The Hall–Kier alpha value is -2.77. The number of nitrogens with zero attached hydrogens (tertiary/aromatic N) is 3. The van der Waals surface area contributed by atoms with Crippen LogP contribution in [0.4, 0.5) is 16.2 Å². The summed E-state index contributed by atoms with van der Waals surface area (Å²) < 4.78 is 5.44. The molecule has 148 valence electrons. The molecule has 0 aromatic heterocycles. The topological polar surface area (TPSA) is 108 Å². The molecule has 1 aliphatic rings. The summed E-state index contributed by atoms with van der Waals surface area (Å²) in [5.41, 5.74) is 7.15. The zero-order valence-corrected chi connectivity index (χ0v) is 16.5. The molecular formula is C19H28N4O4. The molecule has 1 saturated heterocycles. The van der Waals surface area contributed by atoms with E-state index >= 15 is 0 Å². The summed E-state index contributed by atoms with van der Waals surface area (Å²) in [4.78, 5) is 31.4. The predicted octanol–water partition coefficient (Wildman–Crippen LogP) is 2.46. The molecule has 1 aliphatic heterocycles. The average Bonchev–Trinajstić information content (AvgIpc) is 3.03. The fourth-order valence-electron chi connectivity index (χ4n) is 3.11. The van der Waals surface area contributed by atoms with Gasteiger partial charge in [0.15, 0.2) is 0 Å². The Morgan fingerprint density at radius 3 is 2.63 bits per heavy atom. The molecular weight excluding hydrogens is 348 g/mol. The number of benzene rings is 1. The number of hydrogen-bond acceptors (Lipinski definition) is 6. The van der Waals surface area contributed by atoms with Crippen molar-refractivity contribution in [3.63, 3.8) is 0 Å². The summed E-state index contributed by atoms with van der Waals surface area (Å²) in [7, 11) is 3.35. The quantitative estimate of drug-likeness (QED) is 0.617. The van der Waals surface area contributed by atoms with Crippen molar-refractivity contribution in [2.75, 3.05) is 37.8 Å². The Bertz CT molecular complexity index is 755. The van der Waals surface area contributed by atoms with E-state index < -0.39 is 11.6 Å². The third-order valence-electron chi connectivity index (χ3n) is 4.49. The van der Waals surface area contributed by atoms with Crippen LogP contribution in [-0.4, -0.2) is 67.1 Å². The lowest BCUT2D eigenvalue weighted by Gasteiger charge is -2.29. The molecule has 1 amide bonds. The first-order valence-corrected chi connectivity index (χ1v) is 8.84. The van der Waals surface area contributed by atoms with Crippen molar-refractivity contribution in [3.8, 4) is 0 Å². The monoisotopic (exact) mass is 376 g/mol. The van der Waals surface area contributed by atoms with Gasteiger partial charge < -0.3 is 25.4 Å². The standard InChI is InChI=1S/C19H28N4O4/c1-19(2,3)27-18(26)22(5)12-8-9-23(11-12)15-7-6-13(17(24)25)16(20)14(15)10-21-4/h6-7,10,12H,8-9,11,20H2,1-5H3,(H,24,25)/t12-/m0/s1. The van der Waals surface area contributed by atoms with Crippen LogP contribution in [0.5, 0.6) is 0 Å². The van der Waals surface area contributed by atoms with Crippen molar-refractivity contribution in [1.29, 1.82) is 0 Å². The molecule has 27 heavy (non-hydrogen) atoms. The third-order valence-corrected chi connectivity index (χ3v) is 4.49. The molecule has 1 atom stereocenters. The number of rotatable bonds is 4. The number of aliphatic imine (C=N–C) groups is 1. The average molecular weight is 376 g/mol. The van der Waals surface area contributed by atoms with Gasteiger partial charge in [0.05, 0.1) is 17.3 Å².